The Morgan fingerprint density at radius 1 is 0.344 bits per heavy atom. The van der Waals surface area contributed by atoms with Gasteiger partial charge >= 0.3 is 0 Å². The number of aryl methyl sites for hydroxylation is 10. The van der Waals surface area contributed by atoms with Crippen molar-refractivity contribution in [3.05, 3.63) is 279 Å². The lowest BCUT2D eigenvalue weighted by Gasteiger charge is -2.11. The highest BCUT2D eigenvalue weighted by Crippen LogP contribution is 2.36. The summed E-state index contributed by atoms with van der Waals surface area (Å²) in [4.78, 5) is 62.5. The number of aromatic amines is 4. The summed E-state index contributed by atoms with van der Waals surface area (Å²) in [5.41, 5.74) is 13.1. The molecule has 14 aromatic rings. The summed E-state index contributed by atoms with van der Waals surface area (Å²) in [5.74, 6) is 0.470. The number of carbonyl (C=O) groups is 4. The Morgan fingerprint density at radius 3 is 1.11 bits per heavy atom. The minimum Gasteiger partial charge on any atom is -0.494 e. The number of amides is 4. The second-order valence-electron chi connectivity index (χ2n) is 29.6. The first-order valence-electron chi connectivity index (χ1n) is 38.7. The fourth-order valence-electron chi connectivity index (χ4n) is 14.4. The van der Waals surface area contributed by atoms with Gasteiger partial charge in [-0.1, -0.05) is 164 Å². The minimum atomic E-state index is -3.67. The molecular weight excluding hydrogens is 1810 g/mol. The van der Waals surface area contributed by atoms with Crippen LogP contribution in [0.2, 0.25) is 10.0 Å². The number of ether oxygens (including phenoxy) is 4. The van der Waals surface area contributed by atoms with Crippen LogP contribution in [0.4, 0.5) is 0 Å². The van der Waals surface area contributed by atoms with Crippen molar-refractivity contribution >= 4 is 184 Å². The Bertz CT molecular complexity index is 6750. The maximum Gasteiger partial charge on any atom is 0.281 e. The van der Waals surface area contributed by atoms with Crippen molar-refractivity contribution in [3.63, 3.8) is 0 Å². The molecule has 0 saturated heterocycles. The number of rotatable bonds is 28. The van der Waals surface area contributed by atoms with Crippen molar-refractivity contribution in [2.45, 2.75) is 92.9 Å². The van der Waals surface area contributed by atoms with Crippen molar-refractivity contribution in [2.24, 2.45) is 0 Å². The van der Waals surface area contributed by atoms with E-state index in [9.17, 15) is 52.8 Å². The number of aromatic nitrogens is 4. The minimum absolute atomic E-state index is 0.248. The van der Waals surface area contributed by atoms with Crippen molar-refractivity contribution in [1.29, 1.82) is 0 Å². The van der Waals surface area contributed by atoms with Gasteiger partial charge in [0.2, 0.25) is 40.1 Å². The first-order chi connectivity index (χ1) is 57.8. The first-order valence-corrected chi connectivity index (χ1v) is 48.6. The highest BCUT2D eigenvalue weighted by atomic mass is 79.9. The zero-order valence-electron chi connectivity index (χ0n) is 68.5. The summed E-state index contributed by atoms with van der Waals surface area (Å²) in [6, 6.07) is 58.4. The Morgan fingerprint density at radius 2 is 0.680 bits per heavy atom. The van der Waals surface area contributed by atoms with Gasteiger partial charge < -0.3 is 38.9 Å². The van der Waals surface area contributed by atoms with Crippen LogP contribution in [0.1, 0.15) is 123 Å². The second kappa shape index (κ2) is 40.1. The van der Waals surface area contributed by atoms with Crippen LogP contribution >= 0.6 is 55.1 Å². The zero-order valence-corrected chi connectivity index (χ0v) is 76.4. The van der Waals surface area contributed by atoms with Crippen LogP contribution in [0, 0.1) is 41.5 Å². The molecule has 0 unspecified atom stereocenters. The molecule has 0 aliphatic heterocycles. The molecule has 14 rings (SSSR count). The van der Waals surface area contributed by atoms with E-state index >= 15 is 0 Å². The molecule has 0 spiro atoms. The smallest absolute Gasteiger partial charge is 0.281 e. The number of sulfonamides is 4. The molecule has 0 atom stereocenters. The third-order valence-corrected chi connectivity index (χ3v) is 24.2. The van der Waals surface area contributed by atoms with E-state index < -0.39 is 63.7 Å². The van der Waals surface area contributed by atoms with Crippen LogP contribution in [-0.2, 0) is 65.8 Å². The monoisotopic (exact) mass is 1900 g/mol. The fourth-order valence-corrected chi connectivity index (χ4v) is 17.3. The molecule has 0 fully saturated rings. The summed E-state index contributed by atoms with van der Waals surface area (Å²) in [6.07, 6.45) is 8.67. The number of H-pyrrole nitrogens is 4. The van der Waals surface area contributed by atoms with E-state index in [0.29, 0.717) is 77.8 Å². The lowest BCUT2D eigenvalue weighted by atomic mass is 10.0. The van der Waals surface area contributed by atoms with E-state index in [2.05, 4.69) is 51.8 Å². The van der Waals surface area contributed by atoms with Gasteiger partial charge in [-0.25, -0.2) is 52.6 Å². The molecule has 0 saturated carbocycles. The van der Waals surface area contributed by atoms with Gasteiger partial charge in [-0.3, -0.25) is 19.2 Å². The Balaban J connectivity index is 0.000000159. The highest BCUT2D eigenvalue weighted by molar-refractivity contribution is 9.11. The van der Waals surface area contributed by atoms with Crippen molar-refractivity contribution < 1.29 is 71.8 Å². The molecule has 4 amide bonds. The third-order valence-electron chi connectivity index (χ3n) is 19.6. The topological polar surface area (TPSA) is 353 Å². The van der Waals surface area contributed by atoms with Crippen LogP contribution in [0.3, 0.4) is 0 Å². The van der Waals surface area contributed by atoms with Gasteiger partial charge in [0.05, 0.1) is 51.5 Å². The molecule has 24 nitrogen and oxygen atoms in total. The molecular formula is C90H92Br2Cl2N8O16S4. The number of hydrogen-bond acceptors (Lipinski definition) is 16. The first kappa shape index (κ1) is 92.0. The van der Waals surface area contributed by atoms with Crippen LogP contribution in [0.5, 0.6) is 23.0 Å². The number of fused-ring (bicyclic) bond motifs is 6. The Kier molecular flexibility index (Phi) is 30.2. The van der Waals surface area contributed by atoms with E-state index in [4.69, 9.17) is 42.1 Å². The van der Waals surface area contributed by atoms with E-state index in [1.807, 2.05) is 242 Å². The third kappa shape index (κ3) is 24.4. The SMILES string of the molecule is CS(=O)(=O)NC(=O)c1[nH]c2cc(Br)ccc2c1CCCOc1cccc2ccccc12.CS(=O)(=O)NC(=O)c1[nH]c2cccc(Br)c2c1CCCOc1cccc2ccccc12.Cc1cc(OCCCc2c(C(=O)NS(C)(=O)=O)[nH]c3cccc(C)c23)cc(C)c1Cl.Cc1ccc2c(CCCOc3cc(C)c(Cl)c(C)c3)c(C(=O)NS(C)(=O)=O)[nH]c2c1. The van der Waals surface area contributed by atoms with Crippen molar-refractivity contribution in [1.82, 2.24) is 38.8 Å². The largest absolute Gasteiger partial charge is 0.494 e. The maximum absolute atomic E-state index is 12.6. The maximum atomic E-state index is 12.6. The molecule has 0 aliphatic rings. The number of benzene rings is 10. The Labute approximate surface area is 735 Å². The lowest BCUT2D eigenvalue weighted by molar-refractivity contribution is 0.0967. The van der Waals surface area contributed by atoms with Crippen LogP contribution in [-0.4, -0.2) is 129 Å². The van der Waals surface area contributed by atoms with Crippen LogP contribution in [0.25, 0.3) is 65.2 Å². The molecule has 10 aromatic carbocycles. The van der Waals surface area contributed by atoms with Gasteiger partial charge in [0.15, 0.2) is 0 Å². The molecule has 32 heteroatoms. The molecule has 640 valence electrons. The molecule has 0 aliphatic carbocycles. The summed E-state index contributed by atoms with van der Waals surface area (Å²) in [6.45, 7) is 13.5. The van der Waals surface area contributed by atoms with E-state index in [-0.39, 0.29) is 22.8 Å². The number of carbonyl (C=O) groups excluding carboxylic acids is 4. The number of hydrogen-bond donors (Lipinski definition) is 8. The molecule has 8 N–H and O–H groups in total. The average Bonchev–Trinajstić information content (AvgIpc) is 1.66. The summed E-state index contributed by atoms with van der Waals surface area (Å²) >= 11 is 19.4. The normalized spacial score (nSPS) is 11.7. The van der Waals surface area contributed by atoms with Gasteiger partial charge in [0.1, 0.15) is 45.8 Å². The summed E-state index contributed by atoms with van der Waals surface area (Å²) in [7, 11) is -14.7. The zero-order chi connectivity index (χ0) is 88.1. The van der Waals surface area contributed by atoms with Crippen LogP contribution in [0.15, 0.2) is 191 Å². The molecule has 122 heavy (non-hydrogen) atoms. The quantitative estimate of drug-likeness (QED) is 0.0211. The number of halogens is 4. The summed E-state index contributed by atoms with van der Waals surface area (Å²) < 4.78 is 126. The van der Waals surface area contributed by atoms with Gasteiger partial charge in [-0.05, 0) is 232 Å². The van der Waals surface area contributed by atoms with Crippen molar-refractivity contribution in [3.8, 4) is 23.0 Å². The molecule has 4 aromatic heterocycles. The van der Waals surface area contributed by atoms with E-state index in [0.717, 1.165) is 188 Å². The second-order valence-corrected chi connectivity index (χ2v) is 39.2. The van der Waals surface area contributed by atoms with Gasteiger partial charge in [0, 0.05) is 73.4 Å². The van der Waals surface area contributed by atoms with Gasteiger partial charge in [-0.15, -0.1) is 0 Å². The standard InChI is InChI=1S/2C23H21BrN2O4S.2C22H25ClN2O4S/c1-31(28,29)26-23(27)22-17(21-18(24)11-5-12-19(21)25-22)10-6-14-30-20-13-4-8-15-7-2-3-9-16(15)20;1-31(28,29)26-23(27)22-19(18-12-11-16(24)14-20(18)25-22)9-5-13-30-21-10-4-7-15-6-2-3-8-17(15)21;1-13-7-5-9-18-19(13)17(21(24-18)22(26)25-30(4,27)28)8-6-10-29-16-11-14(2)20(23)15(3)12-16;1-13-7-8-17-18(21(24-19(17)10-13)22(26)25-30(4,27)28)6-5-9-29-16-11-14(2)20(23)15(3)12-16/h2-5,7-9,11-13,25H,6,10,14H2,1H3,(H,26,27);2-4,6-8,10-12,14,25H,5,9,13H2,1H3,(H,26,27);5,7,9,11-12,24H,6,8,10H2,1-4H3,(H,25,26);7-8,10-12,24H,5-6,9H2,1-4H3,(H,25,26). The average molecular weight is 1900 g/mol. The van der Waals surface area contributed by atoms with Gasteiger partial charge in [-0.2, -0.15) is 0 Å². The van der Waals surface area contributed by atoms with Crippen LogP contribution < -0.4 is 37.8 Å². The highest BCUT2D eigenvalue weighted by Gasteiger charge is 2.26. The fraction of sp³-hybridized carbons (Fsp3) is 0.244. The van der Waals surface area contributed by atoms with E-state index in [1.165, 1.54) is 0 Å². The predicted molar refractivity (Wildman–Crippen MR) is 492 cm³/mol. The summed E-state index contributed by atoms with van der Waals surface area (Å²) in [5, 5.41) is 9.38. The molecule has 0 bridgehead atoms. The lowest BCUT2D eigenvalue weighted by Crippen LogP contribution is -2.30. The predicted octanol–water partition coefficient (Wildman–Crippen LogP) is 18.5. The molecule has 0 radical (unpaired) electrons. The van der Waals surface area contributed by atoms with E-state index in [1.54, 1.807) is 0 Å². The van der Waals surface area contributed by atoms with Gasteiger partial charge in [0.25, 0.3) is 23.6 Å². The molecule has 4 heterocycles. The Hall–Kier alpha value is -10.7. The van der Waals surface area contributed by atoms with Crippen molar-refractivity contribution in [2.75, 3.05) is 51.5 Å². The number of nitrogens with one attached hydrogen (secondary N) is 8.